The molecule has 6 nitrogen and oxygen atoms in total. The molecule has 0 saturated heterocycles. The molecule has 0 unspecified atom stereocenters. The van der Waals surface area contributed by atoms with Crippen molar-refractivity contribution in [2.45, 2.75) is 20.0 Å². The van der Waals surface area contributed by atoms with Gasteiger partial charge in [-0.3, -0.25) is 14.9 Å². The minimum atomic E-state index is -0.382. The SMILES string of the molecule is C=CCNC(=O)c1ccccc1NC(=S)NC(=O)c1ccc(OC(C)C)c(Br)c1. The number of hydrogen-bond acceptors (Lipinski definition) is 4. The number of anilines is 1. The zero-order chi connectivity index (χ0) is 21.4. The topological polar surface area (TPSA) is 79.5 Å². The highest BCUT2D eigenvalue weighted by atomic mass is 79.9. The fourth-order valence-electron chi connectivity index (χ4n) is 2.37. The molecule has 0 spiro atoms. The Balaban J connectivity index is 2.06. The number of ether oxygens (including phenoxy) is 1. The Labute approximate surface area is 183 Å². The normalized spacial score (nSPS) is 10.2. The first-order valence-corrected chi connectivity index (χ1v) is 10.1. The summed E-state index contributed by atoms with van der Waals surface area (Å²) in [6.45, 7) is 7.77. The Hall–Kier alpha value is -2.71. The molecular weight excluding hydrogens is 454 g/mol. The summed E-state index contributed by atoms with van der Waals surface area (Å²) >= 11 is 8.64. The molecule has 0 fully saturated rings. The average Bonchev–Trinajstić information content (AvgIpc) is 2.67. The number of nitrogens with one attached hydrogen (secondary N) is 3. The first-order chi connectivity index (χ1) is 13.8. The number of thiocarbonyl (C=S) groups is 1. The van der Waals surface area contributed by atoms with Gasteiger partial charge in [-0.1, -0.05) is 18.2 Å². The van der Waals surface area contributed by atoms with E-state index in [1.807, 2.05) is 13.8 Å². The summed E-state index contributed by atoms with van der Waals surface area (Å²) in [5.74, 6) is -0.00333. The molecule has 152 valence electrons. The maximum atomic E-state index is 12.5. The van der Waals surface area contributed by atoms with Gasteiger partial charge in [0.15, 0.2) is 5.11 Å². The molecule has 0 aliphatic heterocycles. The van der Waals surface area contributed by atoms with E-state index >= 15 is 0 Å². The maximum Gasteiger partial charge on any atom is 0.257 e. The number of halogens is 1. The van der Waals surface area contributed by atoms with Crippen LogP contribution in [0.3, 0.4) is 0 Å². The Morgan fingerprint density at radius 2 is 1.93 bits per heavy atom. The van der Waals surface area contributed by atoms with Gasteiger partial charge in [-0.2, -0.15) is 0 Å². The molecule has 0 aliphatic rings. The Bertz CT molecular complexity index is 931. The molecule has 0 atom stereocenters. The van der Waals surface area contributed by atoms with E-state index < -0.39 is 0 Å². The second-order valence-corrected chi connectivity index (χ2v) is 7.53. The minimum Gasteiger partial charge on any atom is -0.490 e. The first kappa shape index (κ1) is 22.6. The third-order valence-corrected chi connectivity index (χ3v) is 4.43. The standard InChI is InChI=1S/C21H22BrN3O3S/c1-4-11-23-20(27)15-7-5-6-8-17(15)24-21(29)25-19(26)14-9-10-18(16(22)12-14)28-13(2)3/h4-10,12-13H,1,11H2,2-3H3,(H,23,27)(H2,24,25,26,29). The van der Waals surface area contributed by atoms with Gasteiger partial charge in [0.1, 0.15) is 5.75 Å². The fourth-order valence-corrected chi connectivity index (χ4v) is 3.05. The molecule has 2 rings (SSSR count). The molecule has 3 N–H and O–H groups in total. The van der Waals surface area contributed by atoms with Crippen molar-refractivity contribution in [2.75, 3.05) is 11.9 Å². The third-order valence-electron chi connectivity index (χ3n) is 3.61. The summed E-state index contributed by atoms with van der Waals surface area (Å²) in [6, 6.07) is 11.9. The Kier molecular flexibility index (Phi) is 8.35. The van der Waals surface area contributed by atoms with Crippen LogP contribution in [0.2, 0.25) is 0 Å². The van der Waals surface area contributed by atoms with Gasteiger partial charge in [0.2, 0.25) is 0 Å². The first-order valence-electron chi connectivity index (χ1n) is 8.88. The van der Waals surface area contributed by atoms with E-state index in [9.17, 15) is 9.59 Å². The van der Waals surface area contributed by atoms with Crippen molar-refractivity contribution in [1.29, 1.82) is 0 Å². The average molecular weight is 476 g/mol. The van der Waals surface area contributed by atoms with Crippen LogP contribution in [0.1, 0.15) is 34.6 Å². The summed E-state index contributed by atoms with van der Waals surface area (Å²) < 4.78 is 6.31. The van der Waals surface area contributed by atoms with Gasteiger partial charge in [-0.15, -0.1) is 6.58 Å². The van der Waals surface area contributed by atoms with Crippen molar-refractivity contribution in [3.63, 3.8) is 0 Å². The van der Waals surface area contributed by atoms with E-state index in [1.165, 1.54) is 0 Å². The Morgan fingerprint density at radius 1 is 1.21 bits per heavy atom. The lowest BCUT2D eigenvalue weighted by molar-refractivity contribution is 0.0956. The van der Waals surface area contributed by atoms with Crippen molar-refractivity contribution in [2.24, 2.45) is 0 Å². The van der Waals surface area contributed by atoms with Gasteiger partial charge in [0.05, 0.1) is 21.8 Å². The van der Waals surface area contributed by atoms with Crippen LogP contribution in [-0.4, -0.2) is 29.6 Å². The van der Waals surface area contributed by atoms with Gasteiger partial charge in [-0.25, -0.2) is 0 Å². The zero-order valence-corrected chi connectivity index (χ0v) is 18.5. The van der Waals surface area contributed by atoms with E-state index in [4.69, 9.17) is 17.0 Å². The summed E-state index contributed by atoms with van der Waals surface area (Å²) in [5, 5.41) is 8.30. The highest BCUT2D eigenvalue weighted by Gasteiger charge is 2.14. The van der Waals surface area contributed by atoms with Crippen molar-refractivity contribution >= 4 is 50.8 Å². The molecule has 2 aromatic rings. The lowest BCUT2D eigenvalue weighted by Gasteiger charge is -2.14. The second kappa shape index (κ2) is 10.7. The molecule has 2 amide bonds. The number of rotatable bonds is 7. The van der Waals surface area contributed by atoms with Gasteiger partial charge >= 0.3 is 0 Å². The number of para-hydroxylation sites is 1. The predicted octanol–water partition coefficient (Wildman–Crippen LogP) is 4.28. The van der Waals surface area contributed by atoms with E-state index in [-0.39, 0.29) is 23.0 Å². The van der Waals surface area contributed by atoms with Gasteiger partial charge in [0.25, 0.3) is 11.8 Å². The van der Waals surface area contributed by atoms with E-state index in [0.29, 0.717) is 33.6 Å². The molecule has 0 radical (unpaired) electrons. The van der Waals surface area contributed by atoms with Gasteiger partial charge in [-0.05, 0) is 72.3 Å². The smallest absolute Gasteiger partial charge is 0.257 e. The van der Waals surface area contributed by atoms with E-state index in [1.54, 1.807) is 48.5 Å². The maximum absolute atomic E-state index is 12.5. The number of benzene rings is 2. The molecule has 29 heavy (non-hydrogen) atoms. The lowest BCUT2D eigenvalue weighted by Crippen LogP contribution is -2.35. The lowest BCUT2D eigenvalue weighted by atomic mass is 10.1. The highest BCUT2D eigenvalue weighted by Crippen LogP contribution is 2.27. The number of carbonyl (C=O) groups excluding carboxylic acids is 2. The van der Waals surface area contributed by atoms with Crippen LogP contribution in [0.25, 0.3) is 0 Å². The Morgan fingerprint density at radius 3 is 2.59 bits per heavy atom. The summed E-state index contributed by atoms with van der Waals surface area (Å²) in [4.78, 5) is 24.7. The minimum absolute atomic E-state index is 0.0199. The molecule has 0 aromatic heterocycles. The van der Waals surface area contributed by atoms with Gasteiger partial charge in [0, 0.05) is 12.1 Å². The highest BCUT2D eigenvalue weighted by molar-refractivity contribution is 9.10. The zero-order valence-electron chi connectivity index (χ0n) is 16.1. The number of hydrogen-bond donors (Lipinski definition) is 3. The molecule has 0 aliphatic carbocycles. The molecule has 2 aromatic carbocycles. The van der Waals surface area contributed by atoms with Crippen molar-refractivity contribution in [1.82, 2.24) is 10.6 Å². The van der Waals surface area contributed by atoms with Crippen molar-refractivity contribution in [3.8, 4) is 5.75 Å². The van der Waals surface area contributed by atoms with Crippen molar-refractivity contribution < 1.29 is 14.3 Å². The fraction of sp³-hybridized carbons (Fsp3) is 0.190. The van der Waals surface area contributed by atoms with Crippen LogP contribution in [0.4, 0.5) is 5.69 Å². The quantitative estimate of drug-likeness (QED) is 0.411. The third kappa shape index (κ3) is 6.69. The molecule has 0 heterocycles. The molecule has 0 saturated carbocycles. The molecular formula is C21H22BrN3O3S. The summed E-state index contributed by atoms with van der Waals surface area (Å²) in [5.41, 5.74) is 1.30. The molecule has 0 bridgehead atoms. The van der Waals surface area contributed by atoms with Crippen LogP contribution in [0, 0.1) is 0 Å². The summed E-state index contributed by atoms with van der Waals surface area (Å²) in [6.07, 6.45) is 1.61. The number of amides is 2. The number of carbonyl (C=O) groups is 2. The molecule has 8 heteroatoms. The summed E-state index contributed by atoms with van der Waals surface area (Å²) in [7, 11) is 0. The van der Waals surface area contributed by atoms with Crippen LogP contribution in [-0.2, 0) is 0 Å². The van der Waals surface area contributed by atoms with E-state index in [2.05, 4.69) is 38.5 Å². The van der Waals surface area contributed by atoms with Crippen LogP contribution in [0.15, 0.2) is 59.6 Å². The largest absolute Gasteiger partial charge is 0.490 e. The van der Waals surface area contributed by atoms with Gasteiger partial charge < -0.3 is 15.4 Å². The monoisotopic (exact) mass is 475 g/mol. The van der Waals surface area contributed by atoms with E-state index in [0.717, 1.165) is 0 Å². The van der Waals surface area contributed by atoms with Crippen LogP contribution >= 0.6 is 28.1 Å². The second-order valence-electron chi connectivity index (χ2n) is 6.26. The van der Waals surface area contributed by atoms with Crippen LogP contribution in [0.5, 0.6) is 5.75 Å². The van der Waals surface area contributed by atoms with Crippen molar-refractivity contribution in [3.05, 3.63) is 70.7 Å². The predicted molar refractivity (Wildman–Crippen MR) is 123 cm³/mol. The van der Waals surface area contributed by atoms with Crippen LogP contribution < -0.4 is 20.7 Å².